The van der Waals surface area contributed by atoms with Gasteiger partial charge in [0.25, 0.3) is 5.91 Å². The van der Waals surface area contributed by atoms with Gasteiger partial charge in [-0.15, -0.1) is 11.3 Å². The largest absolute Gasteiger partial charge is 0.494 e. The maximum atomic E-state index is 12.6. The number of benzene rings is 2. The van der Waals surface area contributed by atoms with Crippen LogP contribution in [0, 0.1) is 13.8 Å². The number of hydrogen-bond acceptors (Lipinski definition) is 6. The number of nitrogens with zero attached hydrogens (tertiary/aromatic N) is 1. The minimum atomic E-state index is -3.44. The summed E-state index contributed by atoms with van der Waals surface area (Å²) in [6, 6.07) is 10.8. The number of carbonyl (C=O) groups excluding carboxylic acids is 1. The van der Waals surface area contributed by atoms with Gasteiger partial charge >= 0.3 is 0 Å². The second-order valence-electron chi connectivity index (χ2n) is 6.73. The van der Waals surface area contributed by atoms with Gasteiger partial charge in [-0.1, -0.05) is 23.8 Å². The SMILES string of the molecule is CCS(=O)(=O)Nc1ccc(NC(=O)c2csc(-c3ccc(C)cc3C)n2)cc1OC. The van der Waals surface area contributed by atoms with Crippen LogP contribution in [-0.2, 0) is 10.0 Å². The molecule has 0 aliphatic carbocycles. The molecule has 0 radical (unpaired) electrons. The molecule has 2 N–H and O–H groups in total. The lowest BCUT2D eigenvalue weighted by molar-refractivity contribution is 0.102. The number of thiazole rings is 1. The first kappa shape index (κ1) is 21.8. The highest BCUT2D eigenvalue weighted by atomic mass is 32.2. The van der Waals surface area contributed by atoms with Crippen molar-refractivity contribution in [2.75, 3.05) is 22.9 Å². The minimum Gasteiger partial charge on any atom is -0.494 e. The van der Waals surface area contributed by atoms with E-state index in [1.165, 1.54) is 24.0 Å². The van der Waals surface area contributed by atoms with Crippen LogP contribution in [0.2, 0.25) is 0 Å². The molecular formula is C21H23N3O4S2. The highest BCUT2D eigenvalue weighted by Gasteiger charge is 2.16. The van der Waals surface area contributed by atoms with Gasteiger partial charge in [0.05, 0.1) is 18.6 Å². The van der Waals surface area contributed by atoms with Crippen LogP contribution in [0.5, 0.6) is 5.75 Å². The third-order valence-electron chi connectivity index (χ3n) is 4.45. The number of aryl methyl sites for hydroxylation is 2. The fourth-order valence-corrected chi connectivity index (χ4v) is 4.38. The van der Waals surface area contributed by atoms with Gasteiger partial charge in [0.1, 0.15) is 16.5 Å². The quantitative estimate of drug-likeness (QED) is 0.560. The van der Waals surface area contributed by atoms with Crippen LogP contribution in [0.4, 0.5) is 11.4 Å². The number of hydrogen-bond donors (Lipinski definition) is 2. The van der Waals surface area contributed by atoms with Gasteiger partial charge in [0.15, 0.2) is 0 Å². The molecule has 1 heterocycles. The molecule has 9 heteroatoms. The third kappa shape index (κ3) is 4.98. The lowest BCUT2D eigenvalue weighted by Gasteiger charge is -2.12. The molecule has 0 unspecified atom stereocenters. The van der Waals surface area contributed by atoms with Crippen LogP contribution in [0.25, 0.3) is 10.6 Å². The number of rotatable bonds is 7. The summed E-state index contributed by atoms with van der Waals surface area (Å²) >= 11 is 1.41. The molecule has 0 atom stereocenters. The summed E-state index contributed by atoms with van der Waals surface area (Å²) in [4.78, 5) is 17.1. The molecule has 0 saturated heterocycles. The van der Waals surface area contributed by atoms with Crippen molar-refractivity contribution >= 4 is 38.6 Å². The Morgan fingerprint density at radius 3 is 2.60 bits per heavy atom. The fourth-order valence-electron chi connectivity index (χ4n) is 2.84. The van der Waals surface area contributed by atoms with E-state index in [1.54, 1.807) is 30.5 Å². The van der Waals surface area contributed by atoms with E-state index in [-0.39, 0.29) is 11.7 Å². The smallest absolute Gasteiger partial charge is 0.275 e. The maximum absolute atomic E-state index is 12.6. The molecule has 158 valence electrons. The van der Waals surface area contributed by atoms with Crippen molar-refractivity contribution in [1.82, 2.24) is 4.98 Å². The first-order valence-electron chi connectivity index (χ1n) is 9.25. The second-order valence-corrected chi connectivity index (χ2v) is 9.60. The molecule has 30 heavy (non-hydrogen) atoms. The molecule has 7 nitrogen and oxygen atoms in total. The Hall–Kier alpha value is -2.91. The van der Waals surface area contributed by atoms with E-state index >= 15 is 0 Å². The molecule has 3 rings (SSSR count). The average Bonchev–Trinajstić information content (AvgIpc) is 3.19. The lowest BCUT2D eigenvalue weighted by atomic mass is 10.1. The average molecular weight is 446 g/mol. The van der Waals surface area contributed by atoms with Crippen molar-refractivity contribution in [3.05, 3.63) is 58.6 Å². The van der Waals surface area contributed by atoms with Crippen molar-refractivity contribution in [2.45, 2.75) is 20.8 Å². The Balaban J connectivity index is 1.79. The van der Waals surface area contributed by atoms with Gasteiger partial charge in [-0.3, -0.25) is 9.52 Å². The van der Waals surface area contributed by atoms with E-state index in [0.717, 1.165) is 16.1 Å². The number of methoxy groups -OCH3 is 1. The zero-order valence-electron chi connectivity index (χ0n) is 17.1. The van der Waals surface area contributed by atoms with E-state index in [1.807, 2.05) is 26.0 Å². The molecule has 0 aliphatic heterocycles. The standard InChI is InChI=1S/C21H23N3O4S2/c1-5-30(26,27)24-17-9-7-15(11-19(17)28-4)22-20(25)18-12-29-21(23-18)16-8-6-13(2)10-14(16)3/h6-12,24H,5H2,1-4H3,(H,22,25). The van der Waals surface area contributed by atoms with Crippen LogP contribution < -0.4 is 14.8 Å². The fraction of sp³-hybridized carbons (Fsp3) is 0.238. The van der Waals surface area contributed by atoms with Gasteiger partial charge in [-0.2, -0.15) is 0 Å². The van der Waals surface area contributed by atoms with Crippen molar-refractivity contribution in [2.24, 2.45) is 0 Å². The molecule has 0 aliphatic rings. The summed E-state index contributed by atoms with van der Waals surface area (Å²) in [5, 5.41) is 5.26. The molecule has 2 aromatic carbocycles. The summed E-state index contributed by atoms with van der Waals surface area (Å²) in [5.41, 5.74) is 4.36. The van der Waals surface area contributed by atoms with E-state index in [9.17, 15) is 13.2 Å². The summed E-state index contributed by atoms with van der Waals surface area (Å²) < 4.78 is 31.3. The van der Waals surface area contributed by atoms with Crippen LogP contribution in [0.1, 0.15) is 28.5 Å². The van der Waals surface area contributed by atoms with Crippen molar-refractivity contribution in [3.8, 4) is 16.3 Å². The Kier molecular flexibility index (Phi) is 6.42. The summed E-state index contributed by atoms with van der Waals surface area (Å²) in [6.45, 7) is 5.60. The maximum Gasteiger partial charge on any atom is 0.275 e. The van der Waals surface area contributed by atoms with Gasteiger partial charge in [0, 0.05) is 22.7 Å². The monoisotopic (exact) mass is 445 g/mol. The second kappa shape index (κ2) is 8.85. The van der Waals surface area contributed by atoms with Crippen molar-refractivity contribution < 1.29 is 17.9 Å². The first-order valence-corrected chi connectivity index (χ1v) is 11.8. The number of sulfonamides is 1. The van der Waals surface area contributed by atoms with Gasteiger partial charge in [-0.25, -0.2) is 13.4 Å². The van der Waals surface area contributed by atoms with Crippen LogP contribution >= 0.6 is 11.3 Å². The summed E-state index contributed by atoms with van der Waals surface area (Å²) in [7, 11) is -2.01. The molecule has 0 spiro atoms. The Labute approximate surface area is 180 Å². The number of ether oxygens (including phenoxy) is 1. The topological polar surface area (TPSA) is 97.4 Å². The van der Waals surface area contributed by atoms with Crippen LogP contribution in [-0.4, -0.2) is 32.2 Å². The number of aromatic nitrogens is 1. The van der Waals surface area contributed by atoms with E-state index in [0.29, 0.717) is 22.8 Å². The van der Waals surface area contributed by atoms with Gasteiger partial charge < -0.3 is 10.1 Å². The Morgan fingerprint density at radius 1 is 1.17 bits per heavy atom. The van der Waals surface area contributed by atoms with E-state index in [2.05, 4.69) is 21.1 Å². The normalized spacial score (nSPS) is 11.2. The summed E-state index contributed by atoms with van der Waals surface area (Å²) in [5.74, 6) is -0.105. The van der Waals surface area contributed by atoms with Gasteiger partial charge in [0.2, 0.25) is 10.0 Å². The van der Waals surface area contributed by atoms with Crippen LogP contribution in [0.15, 0.2) is 41.8 Å². The molecule has 0 saturated carbocycles. The zero-order valence-corrected chi connectivity index (χ0v) is 18.8. The summed E-state index contributed by atoms with van der Waals surface area (Å²) in [6.07, 6.45) is 0. The number of amides is 1. The molecule has 1 amide bonds. The number of nitrogens with one attached hydrogen (secondary N) is 2. The minimum absolute atomic E-state index is 0.0543. The van der Waals surface area contributed by atoms with E-state index < -0.39 is 10.0 Å². The van der Waals surface area contributed by atoms with Crippen molar-refractivity contribution in [3.63, 3.8) is 0 Å². The van der Waals surface area contributed by atoms with E-state index in [4.69, 9.17) is 4.74 Å². The number of carbonyl (C=O) groups is 1. The zero-order chi connectivity index (χ0) is 21.9. The molecular weight excluding hydrogens is 422 g/mol. The first-order chi connectivity index (χ1) is 14.2. The highest BCUT2D eigenvalue weighted by Crippen LogP contribution is 2.30. The predicted octanol–water partition coefficient (Wildman–Crippen LogP) is 4.45. The lowest BCUT2D eigenvalue weighted by Crippen LogP contribution is -2.16. The highest BCUT2D eigenvalue weighted by molar-refractivity contribution is 7.92. The van der Waals surface area contributed by atoms with Crippen molar-refractivity contribution in [1.29, 1.82) is 0 Å². The third-order valence-corrected chi connectivity index (χ3v) is 6.62. The van der Waals surface area contributed by atoms with Gasteiger partial charge in [-0.05, 0) is 38.5 Å². The Morgan fingerprint density at radius 2 is 1.93 bits per heavy atom. The molecule has 0 bridgehead atoms. The molecule has 1 aromatic heterocycles. The number of anilines is 2. The molecule has 0 fully saturated rings. The Bertz CT molecular complexity index is 1190. The predicted molar refractivity (Wildman–Crippen MR) is 121 cm³/mol. The van der Waals surface area contributed by atoms with Crippen LogP contribution in [0.3, 0.4) is 0 Å². The molecule has 3 aromatic rings.